The molecule has 5 heteroatoms. The highest BCUT2D eigenvalue weighted by Crippen LogP contribution is 2.08. The molecule has 2 rings (SSSR count). The maximum absolute atomic E-state index is 12.8. The third-order valence-electron chi connectivity index (χ3n) is 2.81. The van der Waals surface area contributed by atoms with E-state index in [0.717, 1.165) is 6.42 Å². The van der Waals surface area contributed by atoms with Crippen molar-refractivity contribution in [3.8, 4) is 0 Å². The van der Waals surface area contributed by atoms with Crippen molar-refractivity contribution in [3.63, 3.8) is 0 Å². The van der Waals surface area contributed by atoms with Crippen LogP contribution in [0.3, 0.4) is 0 Å². The van der Waals surface area contributed by atoms with Crippen LogP contribution in [0.5, 0.6) is 0 Å². The lowest BCUT2D eigenvalue weighted by Gasteiger charge is -2.08. The van der Waals surface area contributed by atoms with E-state index in [1.165, 1.54) is 30.3 Å². The molecule has 0 unspecified atom stereocenters. The first-order valence-electron chi connectivity index (χ1n) is 6.37. The number of hydrogen-bond donors (Lipinski definition) is 1. The van der Waals surface area contributed by atoms with Gasteiger partial charge in [0.1, 0.15) is 5.82 Å². The molecule has 0 fully saturated rings. The fourth-order valence-corrected chi connectivity index (χ4v) is 1.83. The van der Waals surface area contributed by atoms with Gasteiger partial charge in [-0.1, -0.05) is 6.92 Å². The van der Waals surface area contributed by atoms with Crippen molar-refractivity contribution in [3.05, 3.63) is 64.3 Å². The summed E-state index contributed by atoms with van der Waals surface area (Å²) in [6, 6.07) is 8.24. The third-order valence-corrected chi connectivity index (χ3v) is 2.81. The molecule has 0 aliphatic carbocycles. The lowest BCUT2D eigenvalue weighted by atomic mass is 10.2. The molecule has 20 heavy (non-hydrogen) atoms. The molecule has 0 spiro atoms. The van der Waals surface area contributed by atoms with Gasteiger partial charge in [-0.25, -0.2) is 4.39 Å². The summed E-state index contributed by atoms with van der Waals surface area (Å²) in [4.78, 5) is 23.5. The molecule has 4 nitrogen and oxygen atoms in total. The number of amides is 1. The van der Waals surface area contributed by atoms with Gasteiger partial charge in [0.25, 0.3) is 11.5 Å². The van der Waals surface area contributed by atoms with Crippen molar-refractivity contribution < 1.29 is 9.18 Å². The molecule has 1 amide bonds. The van der Waals surface area contributed by atoms with Gasteiger partial charge in [0.2, 0.25) is 0 Å². The Morgan fingerprint density at radius 2 is 1.90 bits per heavy atom. The van der Waals surface area contributed by atoms with Gasteiger partial charge in [0.15, 0.2) is 0 Å². The zero-order chi connectivity index (χ0) is 14.5. The van der Waals surface area contributed by atoms with Crippen LogP contribution in [0.1, 0.15) is 23.7 Å². The predicted octanol–water partition coefficient (Wildman–Crippen LogP) is 2.65. The fraction of sp³-hybridized carbons (Fsp3) is 0.200. The molecule has 0 saturated heterocycles. The normalized spacial score (nSPS) is 10.3. The van der Waals surface area contributed by atoms with Crippen LogP contribution in [0, 0.1) is 5.82 Å². The Kier molecular flexibility index (Phi) is 4.30. The summed E-state index contributed by atoms with van der Waals surface area (Å²) in [7, 11) is 0. The maximum Gasteiger partial charge on any atom is 0.255 e. The lowest BCUT2D eigenvalue weighted by Crippen LogP contribution is -2.20. The van der Waals surface area contributed by atoms with Crippen LogP contribution in [0.15, 0.2) is 47.4 Å². The number of aryl methyl sites for hydroxylation is 1. The van der Waals surface area contributed by atoms with E-state index in [0.29, 0.717) is 17.8 Å². The summed E-state index contributed by atoms with van der Waals surface area (Å²) in [6.07, 6.45) is 2.43. The minimum absolute atomic E-state index is 0.105. The van der Waals surface area contributed by atoms with Crippen LogP contribution >= 0.6 is 0 Å². The first-order chi connectivity index (χ1) is 9.60. The maximum atomic E-state index is 12.8. The molecule has 0 atom stereocenters. The van der Waals surface area contributed by atoms with Crippen LogP contribution in [-0.2, 0) is 6.54 Å². The second kappa shape index (κ2) is 6.14. The third kappa shape index (κ3) is 3.32. The second-order valence-corrected chi connectivity index (χ2v) is 4.41. The molecular formula is C15H15FN2O2. The monoisotopic (exact) mass is 274 g/mol. The van der Waals surface area contributed by atoms with Crippen LogP contribution in [0.2, 0.25) is 0 Å². The Balaban J connectivity index is 2.17. The first-order valence-corrected chi connectivity index (χ1v) is 6.37. The molecule has 1 N–H and O–H groups in total. The van der Waals surface area contributed by atoms with Crippen molar-refractivity contribution >= 4 is 11.6 Å². The minimum atomic E-state index is -0.391. The van der Waals surface area contributed by atoms with Gasteiger partial charge in [-0.2, -0.15) is 0 Å². The number of pyridine rings is 1. The Bertz CT molecular complexity index is 662. The standard InChI is InChI=1S/C15H15FN2O2/c1-2-9-18-10-13(7-8-14(18)19)17-15(20)11-3-5-12(16)6-4-11/h3-8,10H,2,9H2,1H3,(H,17,20). The van der Waals surface area contributed by atoms with Gasteiger partial charge in [0, 0.05) is 24.4 Å². The molecule has 0 radical (unpaired) electrons. The van der Waals surface area contributed by atoms with Gasteiger partial charge >= 0.3 is 0 Å². The molecule has 1 aromatic heterocycles. The number of carbonyl (C=O) groups is 1. The van der Waals surface area contributed by atoms with E-state index in [1.807, 2.05) is 6.92 Å². The topological polar surface area (TPSA) is 51.1 Å². The van der Waals surface area contributed by atoms with E-state index in [4.69, 9.17) is 0 Å². The quantitative estimate of drug-likeness (QED) is 0.931. The SMILES string of the molecule is CCCn1cc(NC(=O)c2ccc(F)cc2)ccc1=O. The van der Waals surface area contributed by atoms with Crippen LogP contribution in [0.4, 0.5) is 10.1 Å². The number of rotatable bonds is 4. The molecule has 0 aliphatic rings. The number of benzene rings is 1. The van der Waals surface area contributed by atoms with E-state index in [1.54, 1.807) is 16.8 Å². The summed E-state index contributed by atoms with van der Waals surface area (Å²) in [6.45, 7) is 2.56. The molecule has 2 aromatic rings. The van der Waals surface area contributed by atoms with Gasteiger partial charge in [0.05, 0.1) is 5.69 Å². The van der Waals surface area contributed by atoms with E-state index in [2.05, 4.69) is 5.32 Å². The smallest absolute Gasteiger partial charge is 0.255 e. The van der Waals surface area contributed by atoms with Gasteiger partial charge < -0.3 is 9.88 Å². The number of nitrogens with one attached hydrogen (secondary N) is 1. The highest BCUT2D eigenvalue weighted by atomic mass is 19.1. The van der Waals surface area contributed by atoms with Crippen LogP contribution in [-0.4, -0.2) is 10.5 Å². The Morgan fingerprint density at radius 1 is 1.20 bits per heavy atom. The zero-order valence-corrected chi connectivity index (χ0v) is 11.1. The highest BCUT2D eigenvalue weighted by Gasteiger charge is 2.07. The molecule has 0 aliphatic heterocycles. The van der Waals surface area contributed by atoms with Gasteiger partial charge in [-0.15, -0.1) is 0 Å². The van der Waals surface area contributed by atoms with Gasteiger partial charge in [-0.05, 0) is 36.8 Å². The first kappa shape index (κ1) is 14.0. The van der Waals surface area contributed by atoms with E-state index < -0.39 is 5.82 Å². The summed E-state index contributed by atoms with van der Waals surface area (Å²) in [5, 5.41) is 2.68. The average Bonchev–Trinajstić information content (AvgIpc) is 2.43. The molecule has 1 aromatic carbocycles. The number of aromatic nitrogens is 1. The fourth-order valence-electron chi connectivity index (χ4n) is 1.83. The zero-order valence-electron chi connectivity index (χ0n) is 11.1. The number of nitrogens with zero attached hydrogens (tertiary/aromatic N) is 1. The van der Waals surface area contributed by atoms with Crippen molar-refractivity contribution in [1.82, 2.24) is 4.57 Å². The number of halogens is 1. The van der Waals surface area contributed by atoms with Crippen molar-refractivity contribution in [2.45, 2.75) is 19.9 Å². The summed E-state index contributed by atoms with van der Waals surface area (Å²) in [5.41, 5.74) is 0.790. The Labute approximate surface area is 115 Å². The van der Waals surface area contributed by atoms with E-state index >= 15 is 0 Å². The van der Waals surface area contributed by atoms with Crippen LogP contribution in [0.25, 0.3) is 0 Å². The Hall–Kier alpha value is -2.43. The van der Waals surface area contributed by atoms with E-state index in [9.17, 15) is 14.0 Å². The lowest BCUT2D eigenvalue weighted by molar-refractivity contribution is 0.102. The molecule has 104 valence electrons. The Morgan fingerprint density at radius 3 is 2.55 bits per heavy atom. The van der Waals surface area contributed by atoms with Crippen molar-refractivity contribution in [2.75, 3.05) is 5.32 Å². The number of carbonyl (C=O) groups excluding carboxylic acids is 1. The average molecular weight is 274 g/mol. The molecular weight excluding hydrogens is 259 g/mol. The molecule has 0 bridgehead atoms. The van der Waals surface area contributed by atoms with Crippen molar-refractivity contribution in [1.29, 1.82) is 0 Å². The summed E-state index contributed by atoms with van der Waals surface area (Å²) in [5.74, 6) is -0.732. The van der Waals surface area contributed by atoms with Crippen LogP contribution < -0.4 is 10.9 Å². The van der Waals surface area contributed by atoms with Gasteiger partial charge in [-0.3, -0.25) is 9.59 Å². The second-order valence-electron chi connectivity index (χ2n) is 4.41. The molecule has 0 saturated carbocycles. The van der Waals surface area contributed by atoms with E-state index in [-0.39, 0.29) is 11.5 Å². The van der Waals surface area contributed by atoms with Crippen molar-refractivity contribution in [2.24, 2.45) is 0 Å². The minimum Gasteiger partial charge on any atom is -0.321 e. The highest BCUT2D eigenvalue weighted by molar-refractivity contribution is 6.04. The predicted molar refractivity (Wildman–Crippen MR) is 75.3 cm³/mol. The number of hydrogen-bond acceptors (Lipinski definition) is 2. The largest absolute Gasteiger partial charge is 0.321 e. The molecule has 1 heterocycles. The summed E-state index contributed by atoms with van der Waals surface area (Å²) >= 11 is 0. The number of anilines is 1. The summed E-state index contributed by atoms with van der Waals surface area (Å²) < 4.78 is 14.3.